The topological polar surface area (TPSA) is 24.9 Å². The van der Waals surface area contributed by atoms with Crippen LogP contribution in [0, 0.1) is 13.8 Å². The van der Waals surface area contributed by atoms with Gasteiger partial charge >= 0.3 is 0 Å². The van der Waals surface area contributed by atoms with Crippen LogP contribution in [0.1, 0.15) is 29.3 Å². The van der Waals surface area contributed by atoms with Crippen molar-refractivity contribution in [3.63, 3.8) is 0 Å². The van der Waals surface area contributed by atoms with Crippen molar-refractivity contribution >= 4 is 22.2 Å². The monoisotopic (exact) mass is 322 g/mol. The lowest BCUT2D eigenvalue weighted by atomic mass is 10.1. The summed E-state index contributed by atoms with van der Waals surface area (Å²) >= 11 is 1.76. The Labute approximate surface area is 142 Å². The van der Waals surface area contributed by atoms with Gasteiger partial charge in [0, 0.05) is 16.1 Å². The van der Waals surface area contributed by atoms with Gasteiger partial charge in [-0.2, -0.15) is 0 Å². The fraction of sp³-hybridized carbons (Fsp3) is 0.250. The summed E-state index contributed by atoms with van der Waals surface area (Å²) in [5, 5.41) is 4.47. The van der Waals surface area contributed by atoms with Gasteiger partial charge in [0.05, 0.1) is 5.69 Å². The molecule has 1 N–H and O–H groups in total. The van der Waals surface area contributed by atoms with Gasteiger partial charge in [-0.25, -0.2) is 4.98 Å². The van der Waals surface area contributed by atoms with Crippen LogP contribution in [0.4, 0.5) is 10.8 Å². The minimum atomic E-state index is 0.972. The molecule has 3 heteroatoms. The van der Waals surface area contributed by atoms with Crippen LogP contribution in [0.2, 0.25) is 0 Å². The van der Waals surface area contributed by atoms with Crippen LogP contribution in [0.3, 0.4) is 0 Å². The van der Waals surface area contributed by atoms with Crippen molar-refractivity contribution in [2.24, 2.45) is 0 Å². The van der Waals surface area contributed by atoms with Gasteiger partial charge in [0.25, 0.3) is 0 Å². The summed E-state index contributed by atoms with van der Waals surface area (Å²) in [5.41, 5.74) is 5.97. The van der Waals surface area contributed by atoms with E-state index in [0.29, 0.717) is 0 Å². The standard InChI is InChI=1S/C20H22N2S/c1-4-8-18-19(16-9-6-5-7-10-16)22-20(23-18)21-17-12-11-14(2)13-15(17)3/h5-7,9-13H,4,8H2,1-3H3,(H,21,22). The Hall–Kier alpha value is -2.13. The summed E-state index contributed by atoms with van der Waals surface area (Å²) in [7, 11) is 0. The zero-order valence-electron chi connectivity index (χ0n) is 13.9. The van der Waals surface area contributed by atoms with Crippen molar-refractivity contribution in [2.75, 3.05) is 5.32 Å². The molecule has 0 saturated carbocycles. The molecule has 3 aromatic rings. The number of thiazole rings is 1. The Balaban J connectivity index is 1.94. The molecular formula is C20H22N2S. The first kappa shape index (κ1) is 15.8. The maximum atomic E-state index is 4.87. The minimum absolute atomic E-state index is 0.972. The van der Waals surface area contributed by atoms with E-state index in [1.807, 2.05) is 6.07 Å². The van der Waals surface area contributed by atoms with Crippen molar-refractivity contribution in [1.29, 1.82) is 0 Å². The molecule has 1 heterocycles. The van der Waals surface area contributed by atoms with Gasteiger partial charge in [0.15, 0.2) is 5.13 Å². The maximum absolute atomic E-state index is 4.87. The SMILES string of the molecule is CCCc1sc(Nc2ccc(C)cc2C)nc1-c1ccccc1. The lowest BCUT2D eigenvalue weighted by molar-refractivity contribution is 0.938. The molecule has 0 aliphatic rings. The highest BCUT2D eigenvalue weighted by atomic mass is 32.1. The quantitative estimate of drug-likeness (QED) is 0.612. The Morgan fingerprint density at radius 3 is 2.52 bits per heavy atom. The van der Waals surface area contributed by atoms with E-state index in [-0.39, 0.29) is 0 Å². The van der Waals surface area contributed by atoms with Crippen LogP contribution in [-0.4, -0.2) is 4.98 Å². The number of nitrogens with zero attached hydrogens (tertiary/aromatic N) is 1. The van der Waals surface area contributed by atoms with E-state index in [2.05, 4.69) is 68.6 Å². The summed E-state index contributed by atoms with van der Waals surface area (Å²) in [6.45, 7) is 6.47. The molecular weight excluding hydrogens is 300 g/mol. The van der Waals surface area contributed by atoms with E-state index in [9.17, 15) is 0 Å². The average Bonchev–Trinajstić information content (AvgIpc) is 2.94. The van der Waals surface area contributed by atoms with E-state index in [1.165, 1.54) is 21.6 Å². The van der Waals surface area contributed by atoms with E-state index >= 15 is 0 Å². The number of benzene rings is 2. The molecule has 118 valence electrons. The third kappa shape index (κ3) is 3.62. The molecule has 2 nitrogen and oxygen atoms in total. The van der Waals surface area contributed by atoms with Crippen LogP contribution in [0.25, 0.3) is 11.3 Å². The molecule has 0 radical (unpaired) electrons. The van der Waals surface area contributed by atoms with Gasteiger partial charge in [0.2, 0.25) is 0 Å². The number of nitrogens with one attached hydrogen (secondary N) is 1. The third-order valence-electron chi connectivity index (χ3n) is 3.85. The van der Waals surface area contributed by atoms with Crippen LogP contribution in [0.15, 0.2) is 48.5 Å². The van der Waals surface area contributed by atoms with Crippen molar-refractivity contribution in [3.8, 4) is 11.3 Å². The summed E-state index contributed by atoms with van der Waals surface area (Å²) < 4.78 is 0. The number of hydrogen-bond donors (Lipinski definition) is 1. The number of rotatable bonds is 5. The molecule has 0 saturated heterocycles. The zero-order chi connectivity index (χ0) is 16.2. The van der Waals surface area contributed by atoms with Crippen LogP contribution in [0.5, 0.6) is 0 Å². The van der Waals surface area contributed by atoms with Crippen molar-refractivity contribution in [3.05, 3.63) is 64.5 Å². The van der Waals surface area contributed by atoms with Gasteiger partial charge < -0.3 is 5.32 Å². The normalized spacial score (nSPS) is 10.7. The first-order valence-corrected chi connectivity index (χ1v) is 8.88. The predicted molar refractivity (Wildman–Crippen MR) is 101 cm³/mol. The van der Waals surface area contributed by atoms with Gasteiger partial charge in [-0.3, -0.25) is 0 Å². The predicted octanol–water partition coefficient (Wildman–Crippen LogP) is 6.12. The second-order valence-corrected chi connectivity index (χ2v) is 6.93. The molecule has 2 aromatic carbocycles. The maximum Gasteiger partial charge on any atom is 0.187 e. The molecule has 0 fully saturated rings. The second kappa shape index (κ2) is 6.97. The zero-order valence-corrected chi connectivity index (χ0v) is 14.7. The molecule has 23 heavy (non-hydrogen) atoms. The van der Waals surface area contributed by atoms with E-state index < -0.39 is 0 Å². The first-order chi connectivity index (χ1) is 11.2. The van der Waals surface area contributed by atoms with E-state index in [1.54, 1.807) is 11.3 Å². The molecule has 0 aliphatic heterocycles. The second-order valence-electron chi connectivity index (χ2n) is 5.85. The lowest BCUT2D eigenvalue weighted by Gasteiger charge is -2.07. The van der Waals surface area contributed by atoms with Gasteiger partial charge in [-0.15, -0.1) is 11.3 Å². The largest absolute Gasteiger partial charge is 0.331 e. The molecule has 3 rings (SSSR count). The summed E-state index contributed by atoms with van der Waals surface area (Å²) in [5.74, 6) is 0. The Morgan fingerprint density at radius 1 is 1.04 bits per heavy atom. The smallest absolute Gasteiger partial charge is 0.187 e. The number of anilines is 2. The average molecular weight is 322 g/mol. The molecule has 0 atom stereocenters. The van der Waals surface area contributed by atoms with Gasteiger partial charge in [0.1, 0.15) is 0 Å². The van der Waals surface area contributed by atoms with Crippen LogP contribution < -0.4 is 5.32 Å². The van der Waals surface area contributed by atoms with Crippen molar-refractivity contribution in [2.45, 2.75) is 33.6 Å². The van der Waals surface area contributed by atoms with Crippen molar-refractivity contribution in [1.82, 2.24) is 4.98 Å². The molecule has 0 bridgehead atoms. The Kier molecular flexibility index (Phi) is 4.77. The highest BCUT2D eigenvalue weighted by Gasteiger charge is 2.13. The minimum Gasteiger partial charge on any atom is -0.331 e. The summed E-state index contributed by atoms with van der Waals surface area (Å²) in [6, 6.07) is 16.9. The third-order valence-corrected chi connectivity index (χ3v) is 4.88. The van der Waals surface area contributed by atoms with Crippen LogP contribution in [-0.2, 0) is 6.42 Å². The van der Waals surface area contributed by atoms with E-state index in [0.717, 1.165) is 29.4 Å². The summed E-state index contributed by atoms with van der Waals surface area (Å²) in [4.78, 5) is 6.22. The number of aryl methyl sites for hydroxylation is 3. The fourth-order valence-electron chi connectivity index (χ4n) is 2.69. The molecule has 0 unspecified atom stereocenters. The highest BCUT2D eigenvalue weighted by Crippen LogP contribution is 2.34. The van der Waals surface area contributed by atoms with Gasteiger partial charge in [-0.05, 0) is 31.9 Å². The molecule has 1 aromatic heterocycles. The first-order valence-electron chi connectivity index (χ1n) is 8.06. The Morgan fingerprint density at radius 2 is 1.83 bits per heavy atom. The Bertz CT molecular complexity index is 791. The van der Waals surface area contributed by atoms with E-state index in [4.69, 9.17) is 4.98 Å². The molecule has 0 spiro atoms. The highest BCUT2D eigenvalue weighted by molar-refractivity contribution is 7.16. The molecule has 0 amide bonds. The van der Waals surface area contributed by atoms with Crippen molar-refractivity contribution < 1.29 is 0 Å². The number of aromatic nitrogens is 1. The molecule has 0 aliphatic carbocycles. The fourth-order valence-corrected chi connectivity index (χ4v) is 3.79. The lowest BCUT2D eigenvalue weighted by Crippen LogP contribution is -1.93. The number of hydrogen-bond acceptors (Lipinski definition) is 3. The van der Waals surface area contributed by atoms with Gasteiger partial charge in [-0.1, -0.05) is 61.4 Å². The summed E-state index contributed by atoms with van der Waals surface area (Å²) in [6.07, 6.45) is 2.20. The van der Waals surface area contributed by atoms with Crippen LogP contribution >= 0.6 is 11.3 Å².